The van der Waals surface area contributed by atoms with Crippen molar-refractivity contribution in [3.05, 3.63) is 17.3 Å². The third-order valence-corrected chi connectivity index (χ3v) is 2.39. The van der Waals surface area contributed by atoms with Crippen LogP contribution in [0.4, 0.5) is 0 Å². The lowest BCUT2D eigenvalue weighted by molar-refractivity contribution is 0.429. The molecule has 3 heteroatoms. The van der Waals surface area contributed by atoms with Crippen LogP contribution in [0.2, 0.25) is 0 Å². The fourth-order valence-corrected chi connectivity index (χ4v) is 1.77. The van der Waals surface area contributed by atoms with Crippen LogP contribution in [-0.4, -0.2) is 11.0 Å². The van der Waals surface area contributed by atoms with E-state index < -0.39 is 0 Å². The monoisotopic (exact) mass is 180 g/mol. The van der Waals surface area contributed by atoms with Crippen LogP contribution < -0.4 is 5.73 Å². The molecule has 0 saturated heterocycles. The van der Waals surface area contributed by atoms with Gasteiger partial charge in [0.1, 0.15) is 5.76 Å². The van der Waals surface area contributed by atoms with Crippen molar-refractivity contribution in [1.29, 1.82) is 0 Å². The Morgan fingerprint density at radius 2 is 2.23 bits per heavy atom. The fourth-order valence-electron chi connectivity index (χ4n) is 1.77. The van der Waals surface area contributed by atoms with Gasteiger partial charge in [-0.25, -0.2) is 4.98 Å². The van der Waals surface area contributed by atoms with Crippen molar-refractivity contribution >= 4 is 0 Å². The number of hydrogen-bond donors (Lipinski definition) is 1. The van der Waals surface area contributed by atoms with E-state index in [-0.39, 0.29) is 6.04 Å². The Morgan fingerprint density at radius 1 is 1.46 bits per heavy atom. The van der Waals surface area contributed by atoms with Gasteiger partial charge in [0.2, 0.25) is 0 Å². The zero-order chi connectivity index (χ0) is 9.26. The van der Waals surface area contributed by atoms with Crippen LogP contribution in [0.3, 0.4) is 0 Å². The highest BCUT2D eigenvalue weighted by atomic mass is 16.4. The van der Waals surface area contributed by atoms with Crippen molar-refractivity contribution in [2.24, 2.45) is 5.73 Å². The zero-order valence-electron chi connectivity index (χ0n) is 8.05. The first-order valence-corrected chi connectivity index (χ1v) is 4.99. The van der Waals surface area contributed by atoms with Crippen molar-refractivity contribution in [3.8, 4) is 0 Å². The molecule has 2 rings (SSSR count). The molecule has 72 valence electrons. The van der Waals surface area contributed by atoms with Crippen molar-refractivity contribution < 1.29 is 4.42 Å². The van der Waals surface area contributed by atoms with Gasteiger partial charge in [0.15, 0.2) is 5.89 Å². The van der Waals surface area contributed by atoms with Gasteiger partial charge in [-0.3, -0.25) is 0 Å². The SMILES string of the molecule is CC(N)Cc1nc2c(o1)CCCC2. The molecule has 1 atom stereocenters. The molecule has 0 aliphatic heterocycles. The van der Waals surface area contributed by atoms with Gasteiger partial charge in [0.25, 0.3) is 0 Å². The van der Waals surface area contributed by atoms with E-state index in [0.29, 0.717) is 0 Å². The molecule has 0 amide bonds. The van der Waals surface area contributed by atoms with Crippen LogP contribution in [0.15, 0.2) is 4.42 Å². The minimum Gasteiger partial charge on any atom is -0.445 e. The van der Waals surface area contributed by atoms with Gasteiger partial charge in [-0.1, -0.05) is 0 Å². The van der Waals surface area contributed by atoms with Crippen molar-refractivity contribution in [1.82, 2.24) is 4.98 Å². The molecule has 0 fully saturated rings. The van der Waals surface area contributed by atoms with Crippen LogP contribution in [0, 0.1) is 0 Å². The van der Waals surface area contributed by atoms with Gasteiger partial charge < -0.3 is 10.2 Å². The molecule has 0 aromatic carbocycles. The van der Waals surface area contributed by atoms with Crippen molar-refractivity contribution in [2.45, 2.75) is 45.1 Å². The zero-order valence-corrected chi connectivity index (χ0v) is 8.05. The molecule has 0 saturated carbocycles. The summed E-state index contributed by atoms with van der Waals surface area (Å²) < 4.78 is 5.63. The molecular weight excluding hydrogens is 164 g/mol. The number of rotatable bonds is 2. The number of aryl methyl sites for hydroxylation is 2. The molecule has 1 aliphatic rings. The molecule has 13 heavy (non-hydrogen) atoms. The van der Waals surface area contributed by atoms with E-state index in [1.165, 1.54) is 18.5 Å². The summed E-state index contributed by atoms with van der Waals surface area (Å²) in [6, 6.07) is 0.139. The van der Waals surface area contributed by atoms with Gasteiger partial charge in [-0.05, 0) is 26.2 Å². The quantitative estimate of drug-likeness (QED) is 0.749. The summed E-state index contributed by atoms with van der Waals surface area (Å²) in [4.78, 5) is 4.44. The van der Waals surface area contributed by atoms with Crippen LogP contribution in [0.25, 0.3) is 0 Å². The molecule has 1 aromatic heterocycles. The van der Waals surface area contributed by atoms with Gasteiger partial charge in [-0.2, -0.15) is 0 Å². The van der Waals surface area contributed by atoms with E-state index in [4.69, 9.17) is 10.2 Å². The topological polar surface area (TPSA) is 52.0 Å². The van der Waals surface area contributed by atoms with E-state index in [9.17, 15) is 0 Å². The first-order valence-electron chi connectivity index (χ1n) is 4.99. The first-order chi connectivity index (χ1) is 6.25. The van der Waals surface area contributed by atoms with E-state index in [0.717, 1.165) is 30.9 Å². The molecule has 0 radical (unpaired) electrons. The third kappa shape index (κ3) is 1.91. The lowest BCUT2D eigenvalue weighted by Gasteiger charge is -2.05. The Balaban J connectivity index is 2.15. The molecule has 0 bridgehead atoms. The Kier molecular flexibility index (Phi) is 2.36. The molecule has 2 N–H and O–H groups in total. The highest BCUT2D eigenvalue weighted by molar-refractivity contribution is 5.13. The predicted octanol–water partition coefficient (Wildman–Crippen LogP) is 1.44. The number of oxazole rings is 1. The molecular formula is C10H16N2O. The largest absolute Gasteiger partial charge is 0.445 e. The minimum absolute atomic E-state index is 0.139. The summed E-state index contributed by atoms with van der Waals surface area (Å²) in [5.41, 5.74) is 6.85. The number of hydrogen-bond acceptors (Lipinski definition) is 3. The lowest BCUT2D eigenvalue weighted by atomic mass is 10.0. The number of nitrogens with two attached hydrogens (primary N) is 1. The summed E-state index contributed by atoms with van der Waals surface area (Å²) in [6.07, 6.45) is 5.38. The maximum Gasteiger partial charge on any atom is 0.196 e. The summed E-state index contributed by atoms with van der Waals surface area (Å²) in [7, 11) is 0. The lowest BCUT2D eigenvalue weighted by Crippen LogP contribution is -2.17. The molecule has 3 nitrogen and oxygen atoms in total. The van der Waals surface area contributed by atoms with Crippen LogP contribution in [0.1, 0.15) is 37.1 Å². The Labute approximate surface area is 78.3 Å². The van der Waals surface area contributed by atoms with Crippen LogP contribution in [-0.2, 0) is 19.3 Å². The fraction of sp³-hybridized carbons (Fsp3) is 0.700. The summed E-state index contributed by atoms with van der Waals surface area (Å²) in [5, 5.41) is 0. The van der Waals surface area contributed by atoms with E-state index in [2.05, 4.69) is 4.98 Å². The highest BCUT2D eigenvalue weighted by Crippen LogP contribution is 2.21. The minimum atomic E-state index is 0.139. The normalized spacial score (nSPS) is 18.3. The van der Waals surface area contributed by atoms with Crippen molar-refractivity contribution in [3.63, 3.8) is 0 Å². The summed E-state index contributed by atoms with van der Waals surface area (Å²) >= 11 is 0. The average molecular weight is 180 g/mol. The molecule has 1 aliphatic carbocycles. The third-order valence-electron chi connectivity index (χ3n) is 2.39. The Morgan fingerprint density at radius 3 is 2.92 bits per heavy atom. The van der Waals surface area contributed by atoms with Crippen LogP contribution in [0.5, 0.6) is 0 Å². The Hall–Kier alpha value is -0.830. The summed E-state index contributed by atoms with van der Waals surface area (Å²) in [5.74, 6) is 1.92. The smallest absolute Gasteiger partial charge is 0.196 e. The number of nitrogens with zero attached hydrogens (tertiary/aromatic N) is 1. The standard InChI is InChI=1S/C10H16N2O/c1-7(11)6-10-12-8-4-2-3-5-9(8)13-10/h7H,2-6,11H2,1H3. The second-order valence-electron chi connectivity index (χ2n) is 3.87. The Bertz CT molecular complexity index is 268. The van der Waals surface area contributed by atoms with E-state index in [1.807, 2.05) is 6.92 Å². The molecule has 1 aromatic rings. The molecule has 1 unspecified atom stereocenters. The van der Waals surface area contributed by atoms with Gasteiger partial charge in [-0.15, -0.1) is 0 Å². The maximum atomic E-state index is 5.68. The second-order valence-corrected chi connectivity index (χ2v) is 3.87. The van der Waals surface area contributed by atoms with Gasteiger partial charge in [0, 0.05) is 18.9 Å². The molecule has 0 spiro atoms. The van der Waals surface area contributed by atoms with E-state index in [1.54, 1.807) is 0 Å². The second kappa shape index (κ2) is 3.50. The molecule has 1 heterocycles. The first kappa shape index (κ1) is 8.75. The van der Waals surface area contributed by atoms with E-state index >= 15 is 0 Å². The highest BCUT2D eigenvalue weighted by Gasteiger charge is 2.16. The predicted molar refractivity (Wildman–Crippen MR) is 50.5 cm³/mol. The number of fused-ring (bicyclic) bond motifs is 1. The van der Waals surface area contributed by atoms with Gasteiger partial charge >= 0.3 is 0 Å². The van der Waals surface area contributed by atoms with Crippen molar-refractivity contribution in [2.75, 3.05) is 0 Å². The average Bonchev–Trinajstić information content (AvgIpc) is 2.44. The summed E-state index contributed by atoms with van der Waals surface area (Å²) in [6.45, 7) is 1.98. The van der Waals surface area contributed by atoms with Gasteiger partial charge in [0.05, 0.1) is 5.69 Å². The number of aromatic nitrogens is 1. The van der Waals surface area contributed by atoms with Crippen LogP contribution >= 0.6 is 0 Å². The maximum absolute atomic E-state index is 5.68.